The number of nitrogens with one attached hydrogen (secondary N) is 1. The molecule has 0 aliphatic heterocycles. The van der Waals surface area contributed by atoms with Crippen molar-refractivity contribution >= 4 is 10.0 Å². The molecule has 0 radical (unpaired) electrons. The molecule has 4 rings (SSSR count). The fraction of sp³-hybridized carbons (Fsp3) is 1.00. The largest absolute Gasteiger partial charge is 0.390 e. The Morgan fingerprint density at radius 3 is 2.19 bits per heavy atom. The third kappa shape index (κ3) is 1.79. The van der Waals surface area contributed by atoms with Gasteiger partial charge in [0, 0.05) is 5.54 Å². The smallest absolute Gasteiger partial charge is 0.209 e. The summed E-state index contributed by atoms with van der Waals surface area (Å²) in [6.07, 6.45) is 6.58. The van der Waals surface area contributed by atoms with Crippen molar-refractivity contribution in [2.45, 2.75) is 49.7 Å². The minimum absolute atomic E-state index is 0.341. The van der Waals surface area contributed by atoms with Crippen LogP contribution in [0, 0.1) is 11.8 Å². The fourth-order valence-electron chi connectivity index (χ4n) is 4.73. The van der Waals surface area contributed by atoms with Crippen molar-refractivity contribution in [2.75, 3.05) is 6.26 Å². The second-order valence-electron chi connectivity index (χ2n) is 6.34. The summed E-state index contributed by atoms with van der Waals surface area (Å²) in [6.45, 7) is 0. The van der Waals surface area contributed by atoms with Crippen molar-refractivity contribution in [3.05, 3.63) is 0 Å². The van der Waals surface area contributed by atoms with Gasteiger partial charge in [0.2, 0.25) is 10.0 Å². The molecule has 0 aromatic rings. The van der Waals surface area contributed by atoms with Gasteiger partial charge >= 0.3 is 0 Å². The van der Waals surface area contributed by atoms with E-state index in [1.54, 1.807) is 0 Å². The number of hydrogen-bond acceptors (Lipinski definition) is 3. The second-order valence-corrected chi connectivity index (χ2v) is 8.09. The van der Waals surface area contributed by atoms with Crippen LogP contribution in [-0.2, 0) is 10.0 Å². The molecule has 0 heterocycles. The van der Waals surface area contributed by atoms with E-state index < -0.39 is 15.6 Å². The molecule has 4 aliphatic rings. The topological polar surface area (TPSA) is 66.4 Å². The van der Waals surface area contributed by atoms with E-state index in [4.69, 9.17) is 0 Å². The third-order valence-electron chi connectivity index (χ3n) is 4.43. The molecule has 4 saturated carbocycles. The summed E-state index contributed by atoms with van der Waals surface area (Å²) in [5.41, 5.74) is -0.936. The van der Waals surface area contributed by atoms with Crippen LogP contribution in [0.4, 0.5) is 0 Å². The molecule has 2 N–H and O–H groups in total. The monoisotopic (exact) mass is 245 g/mol. The molecule has 0 spiro atoms. The summed E-state index contributed by atoms with van der Waals surface area (Å²) in [4.78, 5) is 0. The van der Waals surface area contributed by atoms with Gasteiger partial charge in [-0.15, -0.1) is 0 Å². The van der Waals surface area contributed by atoms with E-state index in [1.807, 2.05) is 0 Å². The third-order valence-corrected chi connectivity index (χ3v) is 5.24. The summed E-state index contributed by atoms with van der Waals surface area (Å²) in [5, 5.41) is 10.4. The average Bonchev–Trinajstić information content (AvgIpc) is 1.91. The first kappa shape index (κ1) is 11.0. The molecule has 0 aromatic heterocycles. The van der Waals surface area contributed by atoms with E-state index in [9.17, 15) is 13.5 Å². The summed E-state index contributed by atoms with van der Waals surface area (Å²) in [6, 6.07) is 0. The van der Waals surface area contributed by atoms with Gasteiger partial charge in [0.05, 0.1) is 11.9 Å². The van der Waals surface area contributed by atoms with Gasteiger partial charge in [-0.1, -0.05) is 0 Å². The molecule has 4 nitrogen and oxygen atoms in total. The summed E-state index contributed by atoms with van der Waals surface area (Å²) in [5.74, 6) is 1.03. The van der Waals surface area contributed by atoms with Gasteiger partial charge in [-0.05, 0) is 50.4 Å². The van der Waals surface area contributed by atoms with Gasteiger partial charge in [0.25, 0.3) is 0 Å². The van der Waals surface area contributed by atoms with E-state index in [0.29, 0.717) is 18.3 Å². The average molecular weight is 245 g/mol. The second kappa shape index (κ2) is 3.00. The van der Waals surface area contributed by atoms with Crippen LogP contribution in [0.2, 0.25) is 0 Å². The predicted octanol–water partition coefficient (Wildman–Crippen LogP) is 0.619. The molecule has 0 amide bonds. The first-order valence-electron chi connectivity index (χ1n) is 5.99. The van der Waals surface area contributed by atoms with Crippen molar-refractivity contribution < 1.29 is 13.5 Å². The standard InChI is InChI=1S/C11H19NO3S/c1-16(14,15)12-10-3-8-2-9(4-10)6-11(13,5-8)7-10/h8-9,12-13H,2-7H2,1H3. The summed E-state index contributed by atoms with van der Waals surface area (Å²) in [7, 11) is -3.17. The summed E-state index contributed by atoms with van der Waals surface area (Å²) < 4.78 is 25.7. The van der Waals surface area contributed by atoms with Crippen molar-refractivity contribution in [3.8, 4) is 0 Å². The van der Waals surface area contributed by atoms with Crippen LogP contribution < -0.4 is 4.72 Å². The van der Waals surface area contributed by atoms with E-state index in [0.717, 1.165) is 25.7 Å². The number of rotatable bonds is 2. The highest BCUT2D eigenvalue weighted by Crippen LogP contribution is 2.57. The van der Waals surface area contributed by atoms with Crippen LogP contribution in [0.5, 0.6) is 0 Å². The Bertz CT molecular complexity index is 403. The zero-order valence-corrected chi connectivity index (χ0v) is 10.4. The number of sulfonamides is 1. The van der Waals surface area contributed by atoms with E-state index in [-0.39, 0.29) is 5.54 Å². The van der Waals surface area contributed by atoms with Crippen LogP contribution in [-0.4, -0.2) is 30.9 Å². The number of aliphatic hydroxyl groups is 1. The van der Waals surface area contributed by atoms with Crippen molar-refractivity contribution in [1.82, 2.24) is 4.72 Å². The molecular weight excluding hydrogens is 226 g/mol. The molecule has 4 bridgehead atoms. The number of hydrogen-bond donors (Lipinski definition) is 2. The lowest BCUT2D eigenvalue weighted by Gasteiger charge is -2.60. The van der Waals surface area contributed by atoms with Crippen molar-refractivity contribution in [2.24, 2.45) is 11.8 Å². The lowest BCUT2D eigenvalue weighted by molar-refractivity contribution is -0.137. The van der Waals surface area contributed by atoms with Crippen molar-refractivity contribution in [3.63, 3.8) is 0 Å². The van der Waals surface area contributed by atoms with Crippen LogP contribution in [0.15, 0.2) is 0 Å². The van der Waals surface area contributed by atoms with E-state index in [1.165, 1.54) is 12.7 Å². The van der Waals surface area contributed by atoms with Crippen LogP contribution in [0.25, 0.3) is 0 Å². The Morgan fingerprint density at radius 1 is 1.19 bits per heavy atom. The molecule has 4 fully saturated rings. The molecule has 16 heavy (non-hydrogen) atoms. The highest BCUT2D eigenvalue weighted by Gasteiger charge is 2.57. The quantitative estimate of drug-likeness (QED) is 0.749. The maximum absolute atomic E-state index is 11.4. The van der Waals surface area contributed by atoms with Crippen LogP contribution in [0.3, 0.4) is 0 Å². The molecule has 2 unspecified atom stereocenters. The molecule has 0 aromatic carbocycles. The van der Waals surface area contributed by atoms with Gasteiger partial charge in [-0.25, -0.2) is 13.1 Å². The first-order valence-corrected chi connectivity index (χ1v) is 7.88. The Morgan fingerprint density at radius 2 is 1.75 bits per heavy atom. The van der Waals surface area contributed by atoms with Crippen LogP contribution in [0.1, 0.15) is 38.5 Å². The van der Waals surface area contributed by atoms with Gasteiger partial charge in [0.1, 0.15) is 0 Å². The lowest BCUT2D eigenvalue weighted by Crippen LogP contribution is -2.65. The van der Waals surface area contributed by atoms with Crippen molar-refractivity contribution in [1.29, 1.82) is 0 Å². The van der Waals surface area contributed by atoms with Gasteiger partial charge in [-0.2, -0.15) is 0 Å². The van der Waals surface area contributed by atoms with Gasteiger partial charge in [-0.3, -0.25) is 0 Å². The Kier molecular flexibility index (Phi) is 2.06. The van der Waals surface area contributed by atoms with E-state index >= 15 is 0 Å². The van der Waals surface area contributed by atoms with E-state index in [2.05, 4.69) is 4.72 Å². The molecular formula is C11H19NO3S. The highest BCUT2D eigenvalue weighted by molar-refractivity contribution is 7.88. The zero-order valence-electron chi connectivity index (χ0n) is 9.57. The van der Waals surface area contributed by atoms with Gasteiger partial charge < -0.3 is 5.11 Å². The minimum atomic E-state index is -3.17. The molecule has 92 valence electrons. The Hall–Kier alpha value is -0.130. The lowest BCUT2D eigenvalue weighted by atomic mass is 9.51. The normalized spacial score (nSPS) is 50.9. The maximum atomic E-state index is 11.4. The Balaban J connectivity index is 1.92. The van der Waals surface area contributed by atoms with Gasteiger partial charge in [0.15, 0.2) is 0 Å². The zero-order chi connectivity index (χ0) is 11.6. The SMILES string of the molecule is CS(=O)(=O)NC12CC3CC(CC(O)(C3)C1)C2. The molecule has 0 saturated heterocycles. The first-order chi connectivity index (χ1) is 7.28. The minimum Gasteiger partial charge on any atom is -0.390 e. The Labute approximate surface area is 96.5 Å². The maximum Gasteiger partial charge on any atom is 0.209 e. The fourth-order valence-corrected chi connectivity index (χ4v) is 5.75. The molecule has 5 heteroatoms. The highest BCUT2D eigenvalue weighted by atomic mass is 32.2. The molecule has 2 atom stereocenters. The van der Waals surface area contributed by atoms with Crippen LogP contribution >= 0.6 is 0 Å². The summed E-state index contributed by atoms with van der Waals surface area (Å²) >= 11 is 0. The predicted molar refractivity (Wildman–Crippen MR) is 60.3 cm³/mol. The molecule has 4 aliphatic carbocycles.